The first-order valence-electron chi connectivity index (χ1n) is 9.07. The number of hydrogen-bond acceptors (Lipinski definition) is 6. The van der Waals surface area contributed by atoms with Crippen molar-refractivity contribution < 1.29 is 28.4 Å². The highest BCUT2D eigenvalue weighted by molar-refractivity contribution is 5.36. The van der Waals surface area contributed by atoms with E-state index >= 15 is 0 Å². The van der Waals surface area contributed by atoms with E-state index in [-0.39, 0.29) is 0 Å². The Morgan fingerprint density at radius 1 is 0.538 bits per heavy atom. The van der Waals surface area contributed by atoms with Gasteiger partial charge >= 0.3 is 0 Å². The Labute approximate surface area is 157 Å². The summed E-state index contributed by atoms with van der Waals surface area (Å²) >= 11 is 0. The molecule has 0 atom stereocenters. The molecule has 1 rings (SSSR count). The van der Waals surface area contributed by atoms with E-state index in [1.165, 1.54) is 22.3 Å². The van der Waals surface area contributed by atoms with Crippen LogP contribution in [-0.2, 0) is 41.6 Å². The van der Waals surface area contributed by atoms with E-state index in [1.807, 2.05) is 0 Å². The number of rotatable bonds is 16. The predicted octanol–water partition coefficient (Wildman–Crippen LogP) is 2.66. The smallest absolute Gasteiger partial charge is 0.0720 e. The molecule has 1 aromatic rings. The van der Waals surface area contributed by atoms with E-state index in [2.05, 4.69) is 26.0 Å². The summed E-state index contributed by atoms with van der Waals surface area (Å²) in [6.45, 7) is 10.1. The SMILES string of the molecule is COCCOCCOCc1cc(C)c(COCCOCCOC)cc1C. The second-order valence-corrected chi connectivity index (χ2v) is 6.02. The van der Waals surface area contributed by atoms with Crippen LogP contribution in [0.2, 0.25) is 0 Å². The van der Waals surface area contributed by atoms with E-state index in [9.17, 15) is 0 Å². The quantitative estimate of drug-likeness (QED) is 0.417. The summed E-state index contributed by atoms with van der Waals surface area (Å²) < 4.78 is 32.0. The van der Waals surface area contributed by atoms with E-state index < -0.39 is 0 Å². The van der Waals surface area contributed by atoms with Crippen molar-refractivity contribution >= 4 is 0 Å². The molecule has 0 aliphatic rings. The molecule has 0 spiro atoms. The zero-order valence-corrected chi connectivity index (χ0v) is 16.7. The van der Waals surface area contributed by atoms with Crippen LogP contribution in [0.4, 0.5) is 0 Å². The van der Waals surface area contributed by atoms with Gasteiger partial charge in [-0.05, 0) is 36.1 Å². The third-order valence-corrected chi connectivity index (χ3v) is 3.92. The molecule has 0 amide bonds. The monoisotopic (exact) mass is 370 g/mol. The predicted molar refractivity (Wildman–Crippen MR) is 101 cm³/mol. The standard InChI is InChI=1S/C20H34O6/c1-17-13-20(16-26-12-10-24-8-6-22-4)18(2)14-19(17)15-25-11-9-23-7-5-21-3/h13-14H,5-12,15-16H2,1-4H3. The Morgan fingerprint density at radius 2 is 0.885 bits per heavy atom. The van der Waals surface area contributed by atoms with Crippen molar-refractivity contribution in [3.63, 3.8) is 0 Å². The zero-order valence-electron chi connectivity index (χ0n) is 16.7. The molecule has 0 N–H and O–H groups in total. The maximum Gasteiger partial charge on any atom is 0.0720 e. The lowest BCUT2D eigenvalue weighted by molar-refractivity contribution is 0.0192. The lowest BCUT2D eigenvalue weighted by Crippen LogP contribution is -2.09. The largest absolute Gasteiger partial charge is 0.382 e. The van der Waals surface area contributed by atoms with Crippen LogP contribution in [0.25, 0.3) is 0 Å². The molecule has 0 radical (unpaired) electrons. The van der Waals surface area contributed by atoms with Crippen LogP contribution in [0.3, 0.4) is 0 Å². The highest BCUT2D eigenvalue weighted by atomic mass is 16.5. The first-order chi connectivity index (χ1) is 12.7. The molecule has 1 aromatic carbocycles. The van der Waals surface area contributed by atoms with Gasteiger partial charge in [-0.3, -0.25) is 0 Å². The van der Waals surface area contributed by atoms with Gasteiger partial charge in [0.1, 0.15) is 0 Å². The minimum Gasteiger partial charge on any atom is -0.382 e. The van der Waals surface area contributed by atoms with Crippen LogP contribution in [0.1, 0.15) is 22.3 Å². The van der Waals surface area contributed by atoms with Crippen molar-refractivity contribution in [2.24, 2.45) is 0 Å². The molecular formula is C20H34O6. The molecule has 6 heteroatoms. The molecule has 0 bridgehead atoms. The lowest BCUT2D eigenvalue weighted by Gasteiger charge is -2.13. The Kier molecular flexibility index (Phi) is 13.4. The summed E-state index contributed by atoms with van der Waals surface area (Å²) in [5, 5.41) is 0. The summed E-state index contributed by atoms with van der Waals surface area (Å²) in [7, 11) is 3.33. The summed E-state index contributed by atoms with van der Waals surface area (Å²) in [6.07, 6.45) is 0. The van der Waals surface area contributed by atoms with E-state index in [1.54, 1.807) is 14.2 Å². The van der Waals surface area contributed by atoms with Crippen LogP contribution >= 0.6 is 0 Å². The van der Waals surface area contributed by atoms with Crippen molar-refractivity contribution in [3.8, 4) is 0 Å². The van der Waals surface area contributed by atoms with Crippen LogP contribution in [0.15, 0.2) is 12.1 Å². The average Bonchev–Trinajstić information content (AvgIpc) is 2.63. The minimum atomic E-state index is 0.579. The molecule has 150 valence electrons. The minimum absolute atomic E-state index is 0.579. The Hall–Kier alpha value is -1.02. The van der Waals surface area contributed by atoms with Gasteiger partial charge in [-0.25, -0.2) is 0 Å². The Balaban J connectivity index is 2.26. The van der Waals surface area contributed by atoms with Gasteiger partial charge < -0.3 is 28.4 Å². The molecular weight excluding hydrogens is 336 g/mol. The average molecular weight is 370 g/mol. The van der Waals surface area contributed by atoms with Gasteiger partial charge in [0.2, 0.25) is 0 Å². The molecule has 6 nitrogen and oxygen atoms in total. The van der Waals surface area contributed by atoms with Gasteiger partial charge in [-0.1, -0.05) is 12.1 Å². The Bertz CT molecular complexity index is 434. The molecule has 0 unspecified atom stereocenters. The topological polar surface area (TPSA) is 55.4 Å². The maximum absolute atomic E-state index is 5.70. The summed E-state index contributed by atoms with van der Waals surface area (Å²) in [4.78, 5) is 0. The second kappa shape index (κ2) is 15.1. The van der Waals surface area contributed by atoms with Crippen LogP contribution in [-0.4, -0.2) is 67.1 Å². The van der Waals surface area contributed by atoms with Gasteiger partial charge in [0.25, 0.3) is 0 Å². The number of aryl methyl sites for hydroxylation is 2. The highest BCUT2D eigenvalue weighted by Crippen LogP contribution is 2.18. The third kappa shape index (κ3) is 10.2. The van der Waals surface area contributed by atoms with Gasteiger partial charge in [0, 0.05) is 14.2 Å². The molecule has 26 heavy (non-hydrogen) atoms. The van der Waals surface area contributed by atoms with Gasteiger partial charge in [-0.2, -0.15) is 0 Å². The second-order valence-electron chi connectivity index (χ2n) is 6.02. The van der Waals surface area contributed by atoms with Crippen LogP contribution in [0.5, 0.6) is 0 Å². The fraction of sp³-hybridized carbons (Fsp3) is 0.700. The van der Waals surface area contributed by atoms with Crippen LogP contribution in [0, 0.1) is 13.8 Å². The lowest BCUT2D eigenvalue weighted by atomic mass is 10.0. The molecule has 0 aliphatic heterocycles. The van der Waals surface area contributed by atoms with E-state index in [0.29, 0.717) is 66.1 Å². The fourth-order valence-electron chi connectivity index (χ4n) is 2.34. The fourth-order valence-corrected chi connectivity index (χ4v) is 2.34. The van der Waals surface area contributed by atoms with Crippen LogP contribution < -0.4 is 0 Å². The van der Waals surface area contributed by atoms with Gasteiger partial charge in [-0.15, -0.1) is 0 Å². The normalized spacial score (nSPS) is 11.2. The zero-order chi connectivity index (χ0) is 19.0. The Morgan fingerprint density at radius 3 is 1.27 bits per heavy atom. The number of benzene rings is 1. The van der Waals surface area contributed by atoms with Crippen molar-refractivity contribution in [1.82, 2.24) is 0 Å². The number of methoxy groups -OCH3 is 2. The summed E-state index contributed by atoms with van der Waals surface area (Å²) in [6, 6.07) is 4.35. The summed E-state index contributed by atoms with van der Waals surface area (Å²) in [5.41, 5.74) is 4.83. The molecule has 0 aliphatic carbocycles. The first kappa shape index (κ1) is 23.0. The van der Waals surface area contributed by atoms with Gasteiger partial charge in [0.05, 0.1) is 66.1 Å². The van der Waals surface area contributed by atoms with Crippen molar-refractivity contribution in [3.05, 3.63) is 34.4 Å². The molecule has 0 heterocycles. The first-order valence-corrected chi connectivity index (χ1v) is 9.07. The van der Waals surface area contributed by atoms with Crippen molar-refractivity contribution in [2.75, 3.05) is 67.1 Å². The molecule has 0 saturated heterocycles. The number of hydrogen-bond donors (Lipinski definition) is 0. The van der Waals surface area contributed by atoms with Crippen molar-refractivity contribution in [2.45, 2.75) is 27.1 Å². The maximum atomic E-state index is 5.70. The van der Waals surface area contributed by atoms with E-state index in [0.717, 1.165) is 0 Å². The van der Waals surface area contributed by atoms with Crippen molar-refractivity contribution in [1.29, 1.82) is 0 Å². The molecule has 0 fully saturated rings. The van der Waals surface area contributed by atoms with E-state index in [4.69, 9.17) is 28.4 Å². The summed E-state index contributed by atoms with van der Waals surface area (Å²) in [5.74, 6) is 0. The molecule has 0 saturated carbocycles. The highest BCUT2D eigenvalue weighted by Gasteiger charge is 2.05. The van der Waals surface area contributed by atoms with Gasteiger partial charge in [0.15, 0.2) is 0 Å². The number of ether oxygens (including phenoxy) is 6. The third-order valence-electron chi connectivity index (χ3n) is 3.92. The molecule has 0 aromatic heterocycles.